The molecule has 4 nitrogen and oxygen atoms in total. The van der Waals surface area contributed by atoms with E-state index in [4.69, 9.17) is 0 Å². The molecule has 1 aromatic rings. The molecule has 0 saturated carbocycles. The number of hydrogen-bond acceptors (Lipinski definition) is 4. The van der Waals surface area contributed by atoms with Crippen molar-refractivity contribution in [2.75, 3.05) is 13.1 Å². The largest absolute Gasteiger partial charge is 0.354 e. The van der Waals surface area contributed by atoms with Crippen LogP contribution in [-0.2, 0) is 4.79 Å². The number of thiazole rings is 1. The van der Waals surface area contributed by atoms with Gasteiger partial charge in [-0.1, -0.05) is 13.3 Å². The van der Waals surface area contributed by atoms with Gasteiger partial charge in [0.2, 0.25) is 5.91 Å². The Balaban J connectivity index is 0.00000162. The van der Waals surface area contributed by atoms with Gasteiger partial charge < -0.3 is 10.6 Å². The van der Waals surface area contributed by atoms with Gasteiger partial charge in [-0.05, 0) is 19.4 Å². The first-order chi connectivity index (χ1) is 8.27. The van der Waals surface area contributed by atoms with Crippen LogP contribution in [-0.4, -0.2) is 30.0 Å². The summed E-state index contributed by atoms with van der Waals surface area (Å²) < 4.78 is 0. The highest BCUT2D eigenvalue weighted by Gasteiger charge is 2.20. The van der Waals surface area contributed by atoms with Gasteiger partial charge >= 0.3 is 0 Å². The molecule has 1 unspecified atom stereocenters. The first-order valence-corrected chi connectivity index (χ1v) is 7.06. The lowest BCUT2D eigenvalue weighted by atomic mass is 10.0. The number of nitrogens with zero attached hydrogens (tertiary/aromatic N) is 1. The fourth-order valence-electron chi connectivity index (χ4n) is 2.02. The molecule has 1 fully saturated rings. The fraction of sp³-hybridized carbons (Fsp3) is 0.667. The molecule has 0 spiro atoms. The van der Waals surface area contributed by atoms with Crippen molar-refractivity contribution in [3.8, 4) is 0 Å². The molecule has 18 heavy (non-hydrogen) atoms. The minimum Gasteiger partial charge on any atom is -0.354 e. The number of hydrogen-bond donors (Lipinski definition) is 2. The zero-order valence-electron chi connectivity index (χ0n) is 10.5. The molecule has 0 radical (unpaired) electrons. The van der Waals surface area contributed by atoms with Crippen LogP contribution in [0.3, 0.4) is 0 Å². The summed E-state index contributed by atoms with van der Waals surface area (Å²) in [4.78, 5) is 16.1. The Hall–Kier alpha value is -0.650. The maximum absolute atomic E-state index is 11.9. The molecular formula is C12H20ClN3OS. The lowest BCUT2D eigenvalue weighted by Gasteiger charge is -2.23. The van der Waals surface area contributed by atoms with Crippen molar-refractivity contribution in [3.63, 3.8) is 0 Å². The van der Waals surface area contributed by atoms with Crippen LogP contribution in [0, 0.1) is 0 Å². The van der Waals surface area contributed by atoms with E-state index in [-0.39, 0.29) is 24.4 Å². The van der Waals surface area contributed by atoms with Gasteiger partial charge in [0.05, 0.1) is 11.0 Å². The van der Waals surface area contributed by atoms with E-state index >= 15 is 0 Å². The molecule has 1 amide bonds. The molecule has 2 heterocycles. The van der Waals surface area contributed by atoms with E-state index in [0.29, 0.717) is 12.5 Å². The zero-order valence-corrected chi connectivity index (χ0v) is 12.1. The predicted octanol–water partition coefficient (Wildman–Crippen LogP) is 1.93. The highest BCUT2D eigenvalue weighted by molar-refractivity contribution is 7.09. The summed E-state index contributed by atoms with van der Waals surface area (Å²) in [6.45, 7) is 3.72. The third kappa shape index (κ3) is 4.23. The number of carbonyl (C=O) groups excluding carboxylic acids is 1. The van der Waals surface area contributed by atoms with Gasteiger partial charge in [0, 0.05) is 24.0 Å². The van der Waals surface area contributed by atoms with Crippen molar-refractivity contribution in [1.82, 2.24) is 15.6 Å². The van der Waals surface area contributed by atoms with Crippen LogP contribution in [0.2, 0.25) is 0 Å². The van der Waals surface area contributed by atoms with Crippen LogP contribution in [0.15, 0.2) is 11.6 Å². The summed E-state index contributed by atoms with van der Waals surface area (Å²) in [5.41, 5.74) is 0. The van der Waals surface area contributed by atoms with E-state index in [1.807, 2.05) is 5.38 Å². The highest BCUT2D eigenvalue weighted by atomic mass is 35.5. The lowest BCUT2D eigenvalue weighted by Crippen LogP contribution is -2.47. The van der Waals surface area contributed by atoms with Gasteiger partial charge in [0.1, 0.15) is 0 Å². The van der Waals surface area contributed by atoms with E-state index in [2.05, 4.69) is 22.5 Å². The van der Waals surface area contributed by atoms with Crippen LogP contribution in [0.25, 0.3) is 0 Å². The number of nitrogens with one attached hydrogen (secondary N) is 2. The van der Waals surface area contributed by atoms with Gasteiger partial charge in [-0.2, -0.15) is 0 Å². The average Bonchev–Trinajstić information content (AvgIpc) is 2.90. The van der Waals surface area contributed by atoms with Crippen LogP contribution >= 0.6 is 23.7 Å². The first-order valence-electron chi connectivity index (χ1n) is 6.18. The Morgan fingerprint density at radius 2 is 2.50 bits per heavy atom. The Kier molecular flexibility index (Phi) is 6.60. The number of carbonyl (C=O) groups is 1. The van der Waals surface area contributed by atoms with Crippen LogP contribution in [0.4, 0.5) is 0 Å². The molecule has 2 atom stereocenters. The van der Waals surface area contributed by atoms with Crippen LogP contribution in [0.1, 0.15) is 37.1 Å². The topological polar surface area (TPSA) is 54.0 Å². The third-order valence-electron chi connectivity index (χ3n) is 3.08. The van der Waals surface area contributed by atoms with Crippen molar-refractivity contribution >= 4 is 29.7 Å². The number of piperidine rings is 1. The van der Waals surface area contributed by atoms with Crippen molar-refractivity contribution in [2.45, 2.75) is 38.1 Å². The molecular weight excluding hydrogens is 270 g/mol. The van der Waals surface area contributed by atoms with Gasteiger partial charge in [-0.3, -0.25) is 4.79 Å². The molecule has 0 aromatic carbocycles. The first kappa shape index (κ1) is 15.4. The number of aromatic nitrogens is 1. The smallest absolute Gasteiger partial charge is 0.237 e. The lowest BCUT2D eigenvalue weighted by molar-refractivity contribution is -0.123. The molecule has 0 aliphatic carbocycles. The maximum atomic E-state index is 11.9. The molecule has 2 rings (SSSR count). The van der Waals surface area contributed by atoms with E-state index in [1.54, 1.807) is 17.5 Å². The molecule has 1 aliphatic rings. The summed E-state index contributed by atoms with van der Waals surface area (Å²) in [6.07, 6.45) is 5.09. The second kappa shape index (κ2) is 7.71. The Morgan fingerprint density at radius 1 is 1.67 bits per heavy atom. The van der Waals surface area contributed by atoms with Crippen molar-refractivity contribution in [1.29, 1.82) is 0 Å². The van der Waals surface area contributed by atoms with Gasteiger partial charge in [0.15, 0.2) is 0 Å². The standard InChI is InChI=1S/C12H19N3OS.ClH/c1-9(12-14-6-7-17-12)8-15-11(16)10-4-2-3-5-13-10;/h6-7,9-10,13H,2-5,8H2,1H3,(H,15,16);1H/t9?,10-;/m0./s1. The van der Waals surface area contributed by atoms with E-state index in [0.717, 1.165) is 24.4 Å². The van der Waals surface area contributed by atoms with Crippen molar-refractivity contribution < 1.29 is 4.79 Å². The zero-order chi connectivity index (χ0) is 12.1. The normalized spacial score (nSPS) is 20.8. The maximum Gasteiger partial charge on any atom is 0.237 e. The van der Waals surface area contributed by atoms with E-state index < -0.39 is 0 Å². The summed E-state index contributed by atoms with van der Waals surface area (Å²) in [5, 5.41) is 9.31. The summed E-state index contributed by atoms with van der Waals surface area (Å²) >= 11 is 1.64. The van der Waals surface area contributed by atoms with E-state index in [9.17, 15) is 4.79 Å². The summed E-state index contributed by atoms with van der Waals surface area (Å²) in [6, 6.07) is 0.00671. The number of halogens is 1. The molecule has 102 valence electrons. The minimum absolute atomic E-state index is 0. The fourth-order valence-corrected chi connectivity index (χ4v) is 2.72. The quantitative estimate of drug-likeness (QED) is 0.890. The monoisotopic (exact) mass is 289 g/mol. The van der Waals surface area contributed by atoms with E-state index in [1.165, 1.54) is 6.42 Å². The van der Waals surface area contributed by atoms with Crippen LogP contribution < -0.4 is 10.6 Å². The second-order valence-electron chi connectivity index (χ2n) is 4.52. The number of rotatable bonds is 4. The minimum atomic E-state index is 0. The molecule has 1 saturated heterocycles. The Bertz CT molecular complexity index is 352. The Labute approximate surface area is 118 Å². The third-order valence-corrected chi connectivity index (χ3v) is 4.09. The summed E-state index contributed by atoms with van der Waals surface area (Å²) in [7, 11) is 0. The average molecular weight is 290 g/mol. The molecule has 6 heteroatoms. The SMILES string of the molecule is CC(CNC(=O)[C@@H]1CCCCN1)c1nccs1.Cl. The Morgan fingerprint density at radius 3 is 3.11 bits per heavy atom. The van der Waals surface area contributed by atoms with Gasteiger partial charge in [0.25, 0.3) is 0 Å². The summed E-state index contributed by atoms with van der Waals surface area (Å²) in [5.74, 6) is 0.427. The second-order valence-corrected chi connectivity index (χ2v) is 5.45. The predicted molar refractivity (Wildman–Crippen MR) is 76.4 cm³/mol. The highest BCUT2D eigenvalue weighted by Crippen LogP contribution is 2.16. The van der Waals surface area contributed by atoms with Crippen molar-refractivity contribution in [3.05, 3.63) is 16.6 Å². The molecule has 1 aliphatic heterocycles. The van der Waals surface area contributed by atoms with Crippen LogP contribution in [0.5, 0.6) is 0 Å². The molecule has 1 aromatic heterocycles. The number of amides is 1. The van der Waals surface area contributed by atoms with Gasteiger partial charge in [-0.15, -0.1) is 23.7 Å². The molecule has 2 N–H and O–H groups in total. The van der Waals surface area contributed by atoms with Crippen molar-refractivity contribution in [2.24, 2.45) is 0 Å². The molecule has 0 bridgehead atoms. The van der Waals surface area contributed by atoms with Gasteiger partial charge in [-0.25, -0.2) is 4.98 Å².